The number of hydrogen-bond acceptors (Lipinski definition) is 5. The van der Waals surface area contributed by atoms with Crippen LogP contribution in [0.5, 0.6) is 0 Å². The SMILES string of the molecule is O=C(NCc1ccco1)[C@@H](c1ccc(Cl)cc1)N(C(=O)Cn1nnc2ccccc21)c1ccccc1. The number of aromatic nitrogens is 3. The van der Waals surface area contributed by atoms with E-state index in [2.05, 4.69) is 15.6 Å². The van der Waals surface area contributed by atoms with E-state index in [0.717, 1.165) is 5.52 Å². The number of hydrogen-bond donors (Lipinski definition) is 1. The Bertz CT molecular complexity index is 1470. The Labute approximate surface area is 212 Å². The van der Waals surface area contributed by atoms with E-state index in [1.165, 1.54) is 9.58 Å². The number of para-hydroxylation sites is 2. The molecule has 2 heterocycles. The second-order valence-electron chi connectivity index (χ2n) is 8.09. The minimum absolute atomic E-state index is 0.106. The second-order valence-corrected chi connectivity index (χ2v) is 8.52. The summed E-state index contributed by atoms with van der Waals surface area (Å²) in [7, 11) is 0. The molecule has 180 valence electrons. The zero-order chi connectivity index (χ0) is 24.9. The highest BCUT2D eigenvalue weighted by Crippen LogP contribution is 2.29. The molecule has 5 rings (SSSR count). The van der Waals surface area contributed by atoms with Gasteiger partial charge in [0.1, 0.15) is 23.9 Å². The van der Waals surface area contributed by atoms with Gasteiger partial charge in [-0.1, -0.05) is 59.3 Å². The Morgan fingerprint density at radius 3 is 2.44 bits per heavy atom. The summed E-state index contributed by atoms with van der Waals surface area (Å²) in [6, 6.07) is 25.9. The number of anilines is 1. The Hall–Kier alpha value is -4.43. The van der Waals surface area contributed by atoms with Gasteiger partial charge >= 0.3 is 0 Å². The zero-order valence-corrected chi connectivity index (χ0v) is 19.9. The zero-order valence-electron chi connectivity index (χ0n) is 19.1. The highest BCUT2D eigenvalue weighted by Gasteiger charge is 2.33. The molecule has 8 nitrogen and oxygen atoms in total. The molecule has 36 heavy (non-hydrogen) atoms. The van der Waals surface area contributed by atoms with Crippen molar-refractivity contribution in [1.82, 2.24) is 20.3 Å². The molecule has 9 heteroatoms. The van der Waals surface area contributed by atoms with Gasteiger partial charge in [-0.05, 0) is 54.1 Å². The van der Waals surface area contributed by atoms with Crippen LogP contribution in [0.4, 0.5) is 5.69 Å². The standard InChI is InChI=1S/C27H22ClN5O3/c28-20-14-12-19(13-15-20)26(27(35)29-17-22-9-6-16-36-22)33(21-7-2-1-3-8-21)25(34)18-32-24-11-5-4-10-23(24)30-31-32/h1-16,26H,17-18H2,(H,29,35)/t26-/m1/s1. The van der Waals surface area contributed by atoms with Crippen LogP contribution in [-0.4, -0.2) is 26.8 Å². The topological polar surface area (TPSA) is 93.3 Å². The van der Waals surface area contributed by atoms with Crippen molar-refractivity contribution in [3.05, 3.63) is 114 Å². The lowest BCUT2D eigenvalue weighted by atomic mass is 10.0. The molecule has 1 atom stereocenters. The molecule has 3 aromatic carbocycles. The van der Waals surface area contributed by atoms with Gasteiger partial charge in [0.05, 0.1) is 18.3 Å². The summed E-state index contributed by atoms with van der Waals surface area (Å²) in [5, 5.41) is 11.7. The average Bonchev–Trinajstić information content (AvgIpc) is 3.57. The molecule has 0 spiro atoms. The summed E-state index contributed by atoms with van der Waals surface area (Å²) in [5.74, 6) is -0.0933. The number of fused-ring (bicyclic) bond motifs is 1. The summed E-state index contributed by atoms with van der Waals surface area (Å²) in [6.45, 7) is 0.0748. The number of benzene rings is 3. The first-order chi connectivity index (χ1) is 17.6. The molecule has 2 amide bonds. The van der Waals surface area contributed by atoms with Crippen molar-refractivity contribution in [2.45, 2.75) is 19.1 Å². The summed E-state index contributed by atoms with van der Waals surface area (Å²) in [5.41, 5.74) is 2.59. The van der Waals surface area contributed by atoms with Crippen LogP contribution in [0, 0.1) is 0 Å². The minimum Gasteiger partial charge on any atom is -0.467 e. The summed E-state index contributed by atoms with van der Waals surface area (Å²) in [6.07, 6.45) is 1.54. The number of nitrogens with one attached hydrogen (secondary N) is 1. The first kappa shape index (κ1) is 23.3. The van der Waals surface area contributed by atoms with E-state index in [-0.39, 0.29) is 24.9 Å². The molecule has 0 saturated heterocycles. The van der Waals surface area contributed by atoms with Crippen LogP contribution in [0.1, 0.15) is 17.4 Å². The van der Waals surface area contributed by atoms with Gasteiger partial charge in [0.25, 0.3) is 0 Å². The van der Waals surface area contributed by atoms with Gasteiger partial charge in [-0.25, -0.2) is 4.68 Å². The Morgan fingerprint density at radius 2 is 1.69 bits per heavy atom. The van der Waals surface area contributed by atoms with Gasteiger partial charge in [0.2, 0.25) is 11.8 Å². The second kappa shape index (κ2) is 10.5. The third-order valence-corrected chi connectivity index (χ3v) is 5.97. The summed E-state index contributed by atoms with van der Waals surface area (Å²) >= 11 is 6.12. The van der Waals surface area contributed by atoms with Crippen LogP contribution in [0.3, 0.4) is 0 Å². The number of carbonyl (C=O) groups is 2. The summed E-state index contributed by atoms with van der Waals surface area (Å²) in [4.78, 5) is 29.0. The minimum atomic E-state index is -0.970. The molecule has 0 aliphatic carbocycles. The molecular weight excluding hydrogens is 478 g/mol. The van der Waals surface area contributed by atoms with Crippen molar-refractivity contribution in [2.24, 2.45) is 0 Å². The molecule has 0 aliphatic heterocycles. The molecule has 0 bridgehead atoms. The normalized spacial score (nSPS) is 11.8. The van der Waals surface area contributed by atoms with Gasteiger partial charge < -0.3 is 9.73 Å². The first-order valence-electron chi connectivity index (χ1n) is 11.3. The lowest BCUT2D eigenvalue weighted by Crippen LogP contribution is -2.45. The third-order valence-electron chi connectivity index (χ3n) is 5.72. The number of halogens is 1. The van der Waals surface area contributed by atoms with Gasteiger partial charge in [-0.3, -0.25) is 14.5 Å². The Morgan fingerprint density at radius 1 is 0.944 bits per heavy atom. The highest BCUT2D eigenvalue weighted by molar-refractivity contribution is 6.30. The fraction of sp³-hybridized carbons (Fsp3) is 0.111. The third kappa shape index (κ3) is 4.99. The largest absolute Gasteiger partial charge is 0.467 e. The maximum absolute atomic E-state index is 13.9. The van der Waals surface area contributed by atoms with E-state index in [1.807, 2.05) is 42.5 Å². The van der Waals surface area contributed by atoms with Crippen molar-refractivity contribution in [3.8, 4) is 0 Å². The quantitative estimate of drug-likeness (QED) is 0.332. The molecule has 0 unspecified atom stereocenters. The Kier molecular flexibility index (Phi) is 6.77. The number of nitrogens with zero attached hydrogens (tertiary/aromatic N) is 4. The maximum Gasteiger partial charge on any atom is 0.249 e. The molecule has 1 N–H and O–H groups in total. The van der Waals surface area contributed by atoms with E-state index in [0.29, 0.717) is 27.6 Å². The first-order valence-corrected chi connectivity index (χ1v) is 11.7. The van der Waals surface area contributed by atoms with Gasteiger partial charge in [-0.15, -0.1) is 5.10 Å². The Balaban J connectivity index is 1.53. The molecular formula is C27H22ClN5O3. The predicted octanol–water partition coefficient (Wildman–Crippen LogP) is 4.77. The lowest BCUT2D eigenvalue weighted by molar-refractivity contribution is -0.127. The van der Waals surface area contributed by atoms with Crippen LogP contribution in [0.25, 0.3) is 11.0 Å². The number of furan rings is 1. The molecule has 2 aromatic heterocycles. The fourth-order valence-corrected chi connectivity index (χ4v) is 4.14. The smallest absolute Gasteiger partial charge is 0.249 e. The lowest BCUT2D eigenvalue weighted by Gasteiger charge is -2.31. The fourth-order valence-electron chi connectivity index (χ4n) is 4.01. The summed E-state index contributed by atoms with van der Waals surface area (Å²) < 4.78 is 6.89. The molecule has 0 aliphatic rings. The van der Waals surface area contributed by atoms with E-state index in [1.54, 1.807) is 54.8 Å². The van der Waals surface area contributed by atoms with Gasteiger partial charge in [0.15, 0.2) is 0 Å². The molecule has 0 radical (unpaired) electrons. The van der Waals surface area contributed by atoms with E-state index in [9.17, 15) is 9.59 Å². The van der Waals surface area contributed by atoms with Crippen molar-refractivity contribution >= 4 is 40.1 Å². The monoisotopic (exact) mass is 499 g/mol. The van der Waals surface area contributed by atoms with Crippen LogP contribution >= 0.6 is 11.6 Å². The molecule has 0 fully saturated rings. The van der Waals surface area contributed by atoms with Crippen LogP contribution < -0.4 is 10.2 Å². The molecule has 0 saturated carbocycles. The van der Waals surface area contributed by atoms with E-state index in [4.69, 9.17) is 16.0 Å². The van der Waals surface area contributed by atoms with Crippen molar-refractivity contribution in [3.63, 3.8) is 0 Å². The van der Waals surface area contributed by atoms with E-state index >= 15 is 0 Å². The maximum atomic E-state index is 13.9. The van der Waals surface area contributed by atoms with Crippen LogP contribution in [0.15, 0.2) is 102 Å². The average molecular weight is 500 g/mol. The molecule has 5 aromatic rings. The van der Waals surface area contributed by atoms with Crippen molar-refractivity contribution in [1.29, 1.82) is 0 Å². The number of carbonyl (C=O) groups excluding carboxylic acids is 2. The number of amides is 2. The van der Waals surface area contributed by atoms with Gasteiger partial charge in [0, 0.05) is 10.7 Å². The van der Waals surface area contributed by atoms with Crippen LogP contribution in [-0.2, 0) is 22.7 Å². The highest BCUT2D eigenvalue weighted by atomic mass is 35.5. The van der Waals surface area contributed by atoms with Crippen LogP contribution in [0.2, 0.25) is 5.02 Å². The van der Waals surface area contributed by atoms with Crippen molar-refractivity contribution in [2.75, 3.05) is 4.90 Å². The van der Waals surface area contributed by atoms with Gasteiger partial charge in [-0.2, -0.15) is 0 Å². The van der Waals surface area contributed by atoms with E-state index < -0.39 is 6.04 Å². The predicted molar refractivity (Wildman–Crippen MR) is 136 cm³/mol. The van der Waals surface area contributed by atoms with Crippen molar-refractivity contribution < 1.29 is 14.0 Å². The number of rotatable bonds is 8.